The van der Waals surface area contributed by atoms with E-state index >= 15 is 0 Å². The minimum Gasteiger partial charge on any atom is -0.497 e. The molecule has 0 aliphatic carbocycles. The van der Waals surface area contributed by atoms with Crippen molar-refractivity contribution >= 4 is 11.7 Å². The van der Waals surface area contributed by atoms with Crippen LogP contribution in [-0.2, 0) is 0 Å². The molecule has 23 heavy (non-hydrogen) atoms. The van der Waals surface area contributed by atoms with Crippen molar-refractivity contribution in [2.75, 3.05) is 19.0 Å². The molecule has 0 aliphatic heterocycles. The average Bonchev–Trinajstić information content (AvgIpc) is 2.55. The van der Waals surface area contributed by atoms with Gasteiger partial charge in [0.15, 0.2) is 0 Å². The second kappa shape index (κ2) is 7.55. The molecule has 1 atom stereocenters. The third kappa shape index (κ3) is 4.65. The first-order valence-electron chi connectivity index (χ1n) is 6.81. The Morgan fingerprint density at radius 2 is 2.04 bits per heavy atom. The van der Waals surface area contributed by atoms with Crippen LogP contribution in [-0.4, -0.2) is 24.8 Å². The van der Waals surface area contributed by atoms with Gasteiger partial charge >= 0.3 is 6.03 Å². The quantitative estimate of drug-likeness (QED) is 0.793. The van der Waals surface area contributed by atoms with Gasteiger partial charge in [0.1, 0.15) is 17.4 Å². The zero-order valence-corrected chi connectivity index (χ0v) is 12.3. The summed E-state index contributed by atoms with van der Waals surface area (Å²) in [6, 6.07) is 8.88. The molecule has 7 heteroatoms. The molecule has 0 bridgehead atoms. The first-order valence-corrected chi connectivity index (χ1v) is 6.81. The van der Waals surface area contributed by atoms with Crippen molar-refractivity contribution in [1.82, 2.24) is 5.32 Å². The van der Waals surface area contributed by atoms with Gasteiger partial charge in [-0.3, -0.25) is 0 Å². The fourth-order valence-electron chi connectivity index (χ4n) is 1.91. The number of urea groups is 1. The van der Waals surface area contributed by atoms with Crippen molar-refractivity contribution in [3.05, 3.63) is 59.7 Å². The van der Waals surface area contributed by atoms with Crippen LogP contribution in [0.2, 0.25) is 0 Å². The van der Waals surface area contributed by atoms with Crippen molar-refractivity contribution in [1.29, 1.82) is 0 Å². The maximum absolute atomic E-state index is 13.4. The lowest BCUT2D eigenvalue weighted by Crippen LogP contribution is -2.32. The predicted molar refractivity (Wildman–Crippen MR) is 81.3 cm³/mol. The van der Waals surface area contributed by atoms with E-state index in [1.165, 1.54) is 7.11 Å². The van der Waals surface area contributed by atoms with E-state index in [0.717, 1.165) is 12.1 Å². The molecule has 0 saturated heterocycles. The van der Waals surface area contributed by atoms with E-state index < -0.39 is 23.8 Å². The number of carbonyl (C=O) groups excluding carboxylic acids is 1. The second-order valence-electron chi connectivity index (χ2n) is 4.75. The van der Waals surface area contributed by atoms with Crippen LogP contribution in [0, 0.1) is 11.6 Å². The number of ether oxygens (including phenoxy) is 1. The molecule has 122 valence electrons. The van der Waals surface area contributed by atoms with Gasteiger partial charge in [-0.1, -0.05) is 12.1 Å². The number of nitrogens with one attached hydrogen (secondary N) is 2. The highest BCUT2D eigenvalue weighted by molar-refractivity contribution is 5.89. The van der Waals surface area contributed by atoms with Crippen molar-refractivity contribution < 1.29 is 23.4 Å². The van der Waals surface area contributed by atoms with Gasteiger partial charge in [0, 0.05) is 12.6 Å². The molecule has 3 N–H and O–H groups in total. The molecule has 0 aliphatic rings. The Hall–Kier alpha value is -2.67. The van der Waals surface area contributed by atoms with Gasteiger partial charge < -0.3 is 20.5 Å². The summed E-state index contributed by atoms with van der Waals surface area (Å²) in [7, 11) is 1.51. The number of halogens is 2. The lowest BCUT2D eigenvalue weighted by atomic mass is 10.1. The number of aliphatic hydroxyl groups is 1. The lowest BCUT2D eigenvalue weighted by Gasteiger charge is -2.14. The molecule has 2 aromatic rings. The van der Waals surface area contributed by atoms with Crippen molar-refractivity contribution in [3.8, 4) is 5.75 Å². The van der Waals surface area contributed by atoms with Crippen LogP contribution < -0.4 is 15.4 Å². The summed E-state index contributed by atoms with van der Waals surface area (Å²) in [5.41, 5.74) is 0.414. The standard InChI is InChI=1S/C16H16F2N2O3/c1-23-12-4-2-3-10(7-12)15(21)9-19-16(22)20-14-6-5-11(17)8-13(14)18/h2-8,15,21H,9H2,1H3,(H2,19,20,22). The Balaban J connectivity index is 1.90. The Morgan fingerprint density at radius 1 is 1.26 bits per heavy atom. The van der Waals surface area contributed by atoms with E-state index in [2.05, 4.69) is 10.6 Å². The van der Waals surface area contributed by atoms with E-state index in [4.69, 9.17) is 4.74 Å². The van der Waals surface area contributed by atoms with Crippen LogP contribution in [0.15, 0.2) is 42.5 Å². The molecule has 0 heterocycles. The highest BCUT2D eigenvalue weighted by atomic mass is 19.1. The predicted octanol–water partition coefficient (Wildman–Crippen LogP) is 2.83. The maximum atomic E-state index is 13.4. The molecule has 0 spiro atoms. The summed E-state index contributed by atoms with van der Waals surface area (Å²) in [6.45, 7) is -0.0815. The third-order valence-corrected chi connectivity index (χ3v) is 3.11. The average molecular weight is 322 g/mol. The topological polar surface area (TPSA) is 70.6 Å². The molecular formula is C16H16F2N2O3. The third-order valence-electron chi connectivity index (χ3n) is 3.11. The number of anilines is 1. The van der Waals surface area contributed by atoms with Crippen LogP contribution in [0.4, 0.5) is 19.3 Å². The molecule has 2 rings (SSSR count). The summed E-state index contributed by atoms with van der Waals surface area (Å²) in [5.74, 6) is -1.03. The summed E-state index contributed by atoms with van der Waals surface area (Å²) in [6.07, 6.45) is -0.950. The molecule has 2 amide bonds. The molecule has 5 nitrogen and oxygen atoms in total. The summed E-state index contributed by atoms with van der Waals surface area (Å²) >= 11 is 0. The summed E-state index contributed by atoms with van der Waals surface area (Å²) < 4.78 is 31.2. The first-order chi connectivity index (χ1) is 11.0. The van der Waals surface area contributed by atoms with Crippen LogP contribution in [0.3, 0.4) is 0 Å². The highest BCUT2D eigenvalue weighted by Gasteiger charge is 2.12. The molecule has 0 radical (unpaired) electrons. The van der Waals surface area contributed by atoms with Gasteiger partial charge in [-0.2, -0.15) is 0 Å². The Morgan fingerprint density at radius 3 is 2.74 bits per heavy atom. The highest BCUT2D eigenvalue weighted by Crippen LogP contribution is 2.19. The van der Waals surface area contributed by atoms with Crippen LogP contribution in [0.25, 0.3) is 0 Å². The second-order valence-corrected chi connectivity index (χ2v) is 4.75. The lowest BCUT2D eigenvalue weighted by molar-refractivity contribution is 0.174. The SMILES string of the molecule is COc1cccc(C(O)CNC(=O)Nc2ccc(F)cc2F)c1. The monoisotopic (exact) mass is 322 g/mol. The number of benzene rings is 2. The van der Waals surface area contributed by atoms with Crippen molar-refractivity contribution in [2.24, 2.45) is 0 Å². The van der Waals surface area contributed by atoms with E-state index in [9.17, 15) is 18.7 Å². The largest absolute Gasteiger partial charge is 0.497 e. The zero-order valence-electron chi connectivity index (χ0n) is 12.3. The zero-order chi connectivity index (χ0) is 16.8. The van der Waals surface area contributed by atoms with E-state index in [1.807, 2.05) is 0 Å². The molecular weight excluding hydrogens is 306 g/mol. The number of hydrogen-bond acceptors (Lipinski definition) is 3. The van der Waals surface area contributed by atoms with Crippen LogP contribution in [0.5, 0.6) is 5.75 Å². The number of carbonyl (C=O) groups is 1. The number of aliphatic hydroxyl groups excluding tert-OH is 1. The summed E-state index contributed by atoms with van der Waals surface area (Å²) in [5, 5.41) is 14.7. The van der Waals surface area contributed by atoms with Gasteiger partial charge in [0.25, 0.3) is 0 Å². The minimum absolute atomic E-state index is 0.0815. The number of amides is 2. The molecule has 1 unspecified atom stereocenters. The normalized spacial score (nSPS) is 11.7. The Bertz CT molecular complexity index is 695. The van der Waals surface area contributed by atoms with Gasteiger partial charge in [0.05, 0.1) is 18.9 Å². The van der Waals surface area contributed by atoms with Crippen molar-refractivity contribution in [2.45, 2.75) is 6.10 Å². The number of methoxy groups -OCH3 is 1. The molecule has 0 saturated carbocycles. The fraction of sp³-hybridized carbons (Fsp3) is 0.188. The maximum Gasteiger partial charge on any atom is 0.319 e. The molecule has 0 fully saturated rings. The van der Waals surface area contributed by atoms with E-state index in [-0.39, 0.29) is 12.2 Å². The number of hydrogen-bond donors (Lipinski definition) is 3. The first kappa shape index (κ1) is 16.7. The minimum atomic E-state index is -0.950. The summed E-state index contributed by atoms with van der Waals surface area (Å²) in [4.78, 5) is 11.7. The van der Waals surface area contributed by atoms with Crippen molar-refractivity contribution in [3.63, 3.8) is 0 Å². The van der Waals surface area contributed by atoms with Crippen LogP contribution in [0.1, 0.15) is 11.7 Å². The molecule has 2 aromatic carbocycles. The van der Waals surface area contributed by atoms with Gasteiger partial charge in [-0.25, -0.2) is 13.6 Å². The smallest absolute Gasteiger partial charge is 0.319 e. The Labute approximate surface area is 131 Å². The Kier molecular flexibility index (Phi) is 5.48. The van der Waals surface area contributed by atoms with Crippen LogP contribution >= 0.6 is 0 Å². The van der Waals surface area contributed by atoms with Gasteiger partial charge in [-0.05, 0) is 29.8 Å². The number of rotatable bonds is 5. The van der Waals surface area contributed by atoms with E-state index in [0.29, 0.717) is 17.4 Å². The fourth-order valence-corrected chi connectivity index (χ4v) is 1.91. The van der Waals surface area contributed by atoms with E-state index in [1.54, 1.807) is 24.3 Å². The molecule has 0 aromatic heterocycles. The van der Waals surface area contributed by atoms with Gasteiger partial charge in [-0.15, -0.1) is 0 Å². The van der Waals surface area contributed by atoms with Gasteiger partial charge in [0.2, 0.25) is 0 Å².